The van der Waals surface area contributed by atoms with E-state index in [9.17, 15) is 13.2 Å². The molecule has 0 bridgehead atoms. The van der Waals surface area contributed by atoms with E-state index in [1.165, 1.54) is 13.2 Å². The Kier molecular flexibility index (Phi) is 7.15. The maximum Gasteiger partial charge on any atom is 0.333 e. The van der Waals surface area contributed by atoms with Crippen LogP contribution < -0.4 is 9.47 Å². The first kappa shape index (κ1) is 21.9. The predicted molar refractivity (Wildman–Crippen MR) is 115 cm³/mol. The first-order valence-corrected chi connectivity index (χ1v) is 11.6. The van der Waals surface area contributed by atoms with Gasteiger partial charge in [-0.15, -0.1) is 0 Å². The number of carbonyl (C=O) groups excluding carboxylic acids is 1. The van der Waals surface area contributed by atoms with E-state index in [4.69, 9.17) is 14.2 Å². The Hall–Kier alpha value is -2.80. The molecule has 0 unspecified atom stereocenters. The number of rotatable bonds is 8. The molecule has 1 heterocycles. The molecule has 2 aromatic rings. The molecule has 1 aliphatic rings. The van der Waals surface area contributed by atoms with Crippen LogP contribution in [0.2, 0.25) is 0 Å². The lowest BCUT2D eigenvalue weighted by Crippen LogP contribution is -2.10. The van der Waals surface area contributed by atoms with E-state index < -0.39 is 15.8 Å². The van der Waals surface area contributed by atoms with Crippen LogP contribution in [0.5, 0.6) is 11.5 Å². The van der Waals surface area contributed by atoms with Gasteiger partial charge in [0.2, 0.25) is 0 Å². The number of carbonyl (C=O) groups is 1. The van der Waals surface area contributed by atoms with Gasteiger partial charge in [-0.3, -0.25) is 0 Å². The summed E-state index contributed by atoms with van der Waals surface area (Å²) in [6.07, 6.45) is 3.28. The second-order valence-electron chi connectivity index (χ2n) is 6.98. The number of hydrogen-bond acceptors (Lipinski definition) is 6. The van der Waals surface area contributed by atoms with Crippen molar-refractivity contribution in [3.8, 4) is 11.5 Å². The van der Waals surface area contributed by atoms with Gasteiger partial charge in [-0.2, -0.15) is 0 Å². The van der Waals surface area contributed by atoms with Gasteiger partial charge < -0.3 is 14.2 Å². The Bertz CT molecular complexity index is 1040. The third kappa shape index (κ3) is 5.21. The maximum atomic E-state index is 12.5. The summed E-state index contributed by atoms with van der Waals surface area (Å²) in [5, 5.41) is 0. The van der Waals surface area contributed by atoms with Gasteiger partial charge in [-0.05, 0) is 54.3 Å². The van der Waals surface area contributed by atoms with Crippen LogP contribution in [0.15, 0.2) is 52.9 Å². The van der Waals surface area contributed by atoms with Crippen molar-refractivity contribution in [3.63, 3.8) is 0 Å². The minimum absolute atomic E-state index is 0.119. The SMILES string of the molecule is CCCOc1ccccc1CCOc1ccc2c(c1)C=C(C(=O)OC)CCS2(=O)=O. The van der Waals surface area contributed by atoms with Gasteiger partial charge in [-0.1, -0.05) is 25.1 Å². The van der Waals surface area contributed by atoms with E-state index >= 15 is 0 Å². The summed E-state index contributed by atoms with van der Waals surface area (Å²) < 4.78 is 41.5. The zero-order valence-corrected chi connectivity index (χ0v) is 18.0. The number of ether oxygens (including phenoxy) is 3. The zero-order valence-electron chi connectivity index (χ0n) is 17.2. The zero-order chi connectivity index (χ0) is 21.6. The molecule has 30 heavy (non-hydrogen) atoms. The molecule has 7 heteroatoms. The van der Waals surface area contributed by atoms with E-state index in [1.54, 1.807) is 18.2 Å². The van der Waals surface area contributed by atoms with Crippen LogP contribution in [0.4, 0.5) is 0 Å². The fourth-order valence-corrected chi connectivity index (χ4v) is 4.72. The highest BCUT2D eigenvalue weighted by Gasteiger charge is 2.25. The molecular formula is C23H26O6S. The molecule has 0 atom stereocenters. The first-order valence-electron chi connectivity index (χ1n) is 9.94. The minimum Gasteiger partial charge on any atom is -0.493 e. The lowest BCUT2D eigenvalue weighted by molar-refractivity contribution is -0.136. The highest BCUT2D eigenvalue weighted by Crippen LogP contribution is 2.30. The highest BCUT2D eigenvalue weighted by molar-refractivity contribution is 7.91. The number of benzene rings is 2. The third-order valence-electron chi connectivity index (χ3n) is 4.81. The monoisotopic (exact) mass is 430 g/mol. The second-order valence-corrected chi connectivity index (χ2v) is 9.06. The quantitative estimate of drug-likeness (QED) is 0.592. The molecule has 0 amide bonds. The average molecular weight is 431 g/mol. The van der Waals surface area contributed by atoms with Crippen molar-refractivity contribution in [2.24, 2.45) is 0 Å². The van der Waals surface area contributed by atoms with Crippen molar-refractivity contribution in [2.75, 3.05) is 26.1 Å². The molecule has 2 aromatic carbocycles. The predicted octanol–water partition coefficient (Wildman–Crippen LogP) is 3.83. The van der Waals surface area contributed by atoms with Gasteiger partial charge >= 0.3 is 5.97 Å². The molecule has 0 radical (unpaired) electrons. The smallest absolute Gasteiger partial charge is 0.333 e. The van der Waals surface area contributed by atoms with Gasteiger partial charge in [0.05, 0.1) is 31.0 Å². The summed E-state index contributed by atoms with van der Waals surface area (Å²) in [6, 6.07) is 12.7. The number of methoxy groups -OCH3 is 1. The molecule has 0 saturated heterocycles. The topological polar surface area (TPSA) is 78.9 Å². The van der Waals surface area contributed by atoms with E-state index in [2.05, 4.69) is 6.92 Å². The van der Waals surface area contributed by atoms with Crippen molar-refractivity contribution in [1.29, 1.82) is 0 Å². The highest BCUT2D eigenvalue weighted by atomic mass is 32.2. The van der Waals surface area contributed by atoms with Crippen LogP contribution in [0, 0.1) is 0 Å². The van der Waals surface area contributed by atoms with Gasteiger partial charge in [-0.25, -0.2) is 13.2 Å². The molecule has 0 fully saturated rings. The number of esters is 1. The molecule has 160 valence electrons. The van der Waals surface area contributed by atoms with Gasteiger partial charge in [0.1, 0.15) is 11.5 Å². The lowest BCUT2D eigenvalue weighted by atomic mass is 10.1. The number of hydrogen-bond donors (Lipinski definition) is 0. The van der Waals surface area contributed by atoms with E-state index in [-0.39, 0.29) is 17.1 Å². The molecule has 1 aliphatic heterocycles. The van der Waals surface area contributed by atoms with Crippen molar-refractivity contribution in [3.05, 3.63) is 59.2 Å². The minimum atomic E-state index is -3.48. The van der Waals surface area contributed by atoms with Gasteiger partial charge in [0, 0.05) is 12.0 Å². The van der Waals surface area contributed by atoms with Crippen LogP contribution in [0.1, 0.15) is 30.9 Å². The fourth-order valence-electron chi connectivity index (χ4n) is 3.26. The van der Waals surface area contributed by atoms with Gasteiger partial charge in [0.25, 0.3) is 0 Å². The molecule has 6 nitrogen and oxygen atoms in total. The van der Waals surface area contributed by atoms with Crippen molar-refractivity contribution >= 4 is 21.9 Å². The Morgan fingerprint density at radius 2 is 1.87 bits per heavy atom. The lowest BCUT2D eigenvalue weighted by Gasteiger charge is -2.12. The first-order chi connectivity index (χ1) is 14.4. The summed E-state index contributed by atoms with van der Waals surface area (Å²) in [6.45, 7) is 3.13. The van der Waals surface area contributed by atoms with Crippen molar-refractivity contribution in [2.45, 2.75) is 31.1 Å². The molecule has 3 rings (SSSR count). The molecule has 0 N–H and O–H groups in total. The molecule has 0 spiro atoms. The summed E-state index contributed by atoms with van der Waals surface area (Å²) in [5.74, 6) is 0.739. The number of fused-ring (bicyclic) bond motifs is 1. The van der Waals surface area contributed by atoms with E-state index in [0.717, 1.165) is 17.7 Å². The van der Waals surface area contributed by atoms with Crippen LogP contribution >= 0.6 is 0 Å². The normalized spacial score (nSPS) is 14.8. The summed E-state index contributed by atoms with van der Waals surface area (Å²) in [7, 11) is -2.20. The van der Waals surface area contributed by atoms with Crippen molar-refractivity contribution in [1.82, 2.24) is 0 Å². The van der Waals surface area contributed by atoms with Crippen LogP contribution in [-0.2, 0) is 25.8 Å². The Balaban J connectivity index is 1.76. The van der Waals surface area contributed by atoms with Crippen LogP contribution in [0.3, 0.4) is 0 Å². The Morgan fingerprint density at radius 1 is 1.07 bits per heavy atom. The Labute approximate surface area is 177 Å². The maximum absolute atomic E-state index is 12.5. The Morgan fingerprint density at radius 3 is 2.63 bits per heavy atom. The van der Waals surface area contributed by atoms with Gasteiger partial charge in [0.15, 0.2) is 9.84 Å². The van der Waals surface area contributed by atoms with Crippen LogP contribution in [0.25, 0.3) is 6.08 Å². The largest absolute Gasteiger partial charge is 0.493 e. The number of para-hydroxylation sites is 1. The standard InChI is InChI=1S/C23H26O6S/c1-3-12-29-21-7-5-4-6-17(21)10-13-28-20-8-9-22-19(16-20)15-18(23(24)27-2)11-14-30(22,25)26/h4-9,15-16H,3,10-14H2,1-2H3. The fraction of sp³-hybridized carbons (Fsp3) is 0.348. The number of sulfone groups is 1. The molecular weight excluding hydrogens is 404 g/mol. The molecule has 0 aliphatic carbocycles. The molecule has 0 saturated carbocycles. The van der Waals surface area contributed by atoms with Crippen LogP contribution in [-0.4, -0.2) is 40.5 Å². The second kappa shape index (κ2) is 9.80. The third-order valence-corrected chi connectivity index (χ3v) is 6.59. The summed E-state index contributed by atoms with van der Waals surface area (Å²) in [5.41, 5.74) is 1.83. The summed E-state index contributed by atoms with van der Waals surface area (Å²) >= 11 is 0. The average Bonchev–Trinajstić information content (AvgIpc) is 2.88. The summed E-state index contributed by atoms with van der Waals surface area (Å²) in [4.78, 5) is 12.1. The van der Waals surface area contributed by atoms with E-state index in [0.29, 0.717) is 36.5 Å². The van der Waals surface area contributed by atoms with E-state index in [1.807, 2.05) is 24.3 Å². The molecule has 0 aromatic heterocycles. The van der Waals surface area contributed by atoms with Crippen molar-refractivity contribution < 1.29 is 27.4 Å².